The molecule has 0 N–H and O–H groups in total. The second-order valence-electron chi connectivity index (χ2n) is 4.42. The SMILES string of the molecule is CCn1ncc2c(F)cc(-c3cccc(OC)n3)cc21. The van der Waals surface area contributed by atoms with Crippen molar-refractivity contribution >= 4 is 10.9 Å². The molecule has 0 saturated heterocycles. The lowest BCUT2D eigenvalue weighted by atomic mass is 10.1. The molecule has 0 aliphatic heterocycles. The molecule has 0 unspecified atom stereocenters. The van der Waals surface area contributed by atoms with E-state index >= 15 is 0 Å². The topological polar surface area (TPSA) is 39.9 Å². The number of halogens is 1. The summed E-state index contributed by atoms with van der Waals surface area (Å²) in [4.78, 5) is 4.33. The lowest BCUT2D eigenvalue weighted by Crippen LogP contribution is -1.96. The average Bonchev–Trinajstić information content (AvgIpc) is 2.91. The number of benzene rings is 1. The summed E-state index contributed by atoms with van der Waals surface area (Å²) in [7, 11) is 1.56. The zero-order valence-corrected chi connectivity index (χ0v) is 11.3. The molecule has 0 aliphatic carbocycles. The Morgan fingerprint density at radius 1 is 1.30 bits per heavy atom. The van der Waals surface area contributed by atoms with Crippen molar-refractivity contribution in [3.05, 3.63) is 42.3 Å². The largest absolute Gasteiger partial charge is 0.481 e. The third-order valence-electron chi connectivity index (χ3n) is 3.24. The fraction of sp³-hybridized carbons (Fsp3) is 0.200. The number of hydrogen-bond acceptors (Lipinski definition) is 3. The maximum absolute atomic E-state index is 14.2. The maximum Gasteiger partial charge on any atom is 0.213 e. The van der Waals surface area contributed by atoms with Crippen LogP contribution < -0.4 is 4.74 Å². The number of methoxy groups -OCH3 is 1. The van der Waals surface area contributed by atoms with Gasteiger partial charge in [-0.3, -0.25) is 4.68 Å². The number of aromatic nitrogens is 3. The lowest BCUT2D eigenvalue weighted by Gasteiger charge is -2.06. The molecule has 0 saturated carbocycles. The van der Waals surface area contributed by atoms with Gasteiger partial charge >= 0.3 is 0 Å². The Balaban J connectivity index is 2.20. The molecule has 102 valence electrons. The van der Waals surface area contributed by atoms with E-state index in [4.69, 9.17) is 4.74 Å². The first-order valence-electron chi connectivity index (χ1n) is 6.39. The third kappa shape index (κ3) is 2.01. The van der Waals surface area contributed by atoms with E-state index in [1.807, 2.05) is 25.1 Å². The van der Waals surface area contributed by atoms with Gasteiger partial charge in [-0.15, -0.1) is 0 Å². The molecule has 1 aromatic carbocycles. The molecule has 0 atom stereocenters. The highest BCUT2D eigenvalue weighted by Crippen LogP contribution is 2.27. The van der Waals surface area contributed by atoms with Crippen molar-refractivity contribution in [3.8, 4) is 17.1 Å². The minimum absolute atomic E-state index is 0.290. The van der Waals surface area contributed by atoms with Crippen LogP contribution in [0.15, 0.2) is 36.5 Å². The Kier molecular flexibility index (Phi) is 3.10. The number of nitrogens with zero attached hydrogens (tertiary/aromatic N) is 3. The number of aryl methyl sites for hydroxylation is 1. The number of hydrogen-bond donors (Lipinski definition) is 0. The number of fused-ring (bicyclic) bond motifs is 1. The van der Waals surface area contributed by atoms with Crippen molar-refractivity contribution in [2.24, 2.45) is 0 Å². The summed E-state index contributed by atoms with van der Waals surface area (Å²) in [6.07, 6.45) is 1.55. The Morgan fingerprint density at radius 2 is 2.15 bits per heavy atom. The molecule has 3 rings (SSSR count). The van der Waals surface area contributed by atoms with E-state index in [9.17, 15) is 4.39 Å². The summed E-state index contributed by atoms with van der Waals surface area (Å²) in [6.45, 7) is 2.67. The molecule has 0 fully saturated rings. The van der Waals surface area contributed by atoms with Gasteiger partial charge in [0, 0.05) is 18.2 Å². The summed E-state index contributed by atoms with van der Waals surface area (Å²) in [5, 5.41) is 4.70. The van der Waals surface area contributed by atoms with Crippen molar-refractivity contribution < 1.29 is 9.13 Å². The first kappa shape index (κ1) is 12.6. The molecule has 4 nitrogen and oxygen atoms in total. The highest BCUT2D eigenvalue weighted by molar-refractivity contribution is 5.84. The molecule has 0 bridgehead atoms. The lowest BCUT2D eigenvalue weighted by molar-refractivity contribution is 0.398. The summed E-state index contributed by atoms with van der Waals surface area (Å²) < 4.78 is 21.0. The Bertz CT molecular complexity index is 767. The number of pyridine rings is 1. The van der Waals surface area contributed by atoms with Crippen molar-refractivity contribution in [1.82, 2.24) is 14.8 Å². The van der Waals surface area contributed by atoms with Crippen LogP contribution in [0.1, 0.15) is 6.92 Å². The van der Waals surface area contributed by atoms with Crippen LogP contribution in [0.4, 0.5) is 4.39 Å². The molecule has 0 aliphatic rings. The van der Waals surface area contributed by atoms with E-state index in [-0.39, 0.29) is 5.82 Å². The molecule has 0 spiro atoms. The quantitative estimate of drug-likeness (QED) is 0.734. The van der Waals surface area contributed by atoms with Crippen molar-refractivity contribution in [3.63, 3.8) is 0 Å². The van der Waals surface area contributed by atoms with Gasteiger partial charge in [-0.1, -0.05) is 6.07 Å². The van der Waals surface area contributed by atoms with Crippen LogP contribution in [0.3, 0.4) is 0 Å². The predicted molar refractivity (Wildman–Crippen MR) is 75.1 cm³/mol. The van der Waals surface area contributed by atoms with Gasteiger partial charge in [0.15, 0.2) is 0 Å². The Labute approximate surface area is 115 Å². The molecule has 2 heterocycles. The van der Waals surface area contributed by atoms with Crippen LogP contribution in [0, 0.1) is 5.82 Å². The van der Waals surface area contributed by atoms with Crippen molar-refractivity contribution in [2.45, 2.75) is 13.5 Å². The second kappa shape index (κ2) is 4.92. The highest BCUT2D eigenvalue weighted by Gasteiger charge is 2.11. The van der Waals surface area contributed by atoms with Gasteiger partial charge in [-0.05, 0) is 25.1 Å². The molecular weight excluding hydrogens is 257 g/mol. The van der Waals surface area contributed by atoms with E-state index < -0.39 is 0 Å². The first-order chi connectivity index (χ1) is 9.72. The molecular formula is C15H14FN3O. The third-order valence-corrected chi connectivity index (χ3v) is 3.24. The average molecular weight is 271 g/mol. The highest BCUT2D eigenvalue weighted by atomic mass is 19.1. The zero-order valence-electron chi connectivity index (χ0n) is 11.3. The van der Waals surface area contributed by atoms with Gasteiger partial charge in [0.05, 0.1) is 29.9 Å². The molecule has 3 aromatic rings. The minimum atomic E-state index is -0.290. The van der Waals surface area contributed by atoms with Gasteiger partial charge in [0.1, 0.15) is 5.82 Å². The standard InChI is InChI=1S/C15H14FN3O/c1-3-19-14-8-10(7-12(16)11(14)9-17-19)13-5-4-6-15(18-13)20-2/h4-9H,3H2,1-2H3. The zero-order chi connectivity index (χ0) is 14.1. The first-order valence-corrected chi connectivity index (χ1v) is 6.39. The van der Waals surface area contributed by atoms with Gasteiger partial charge in [0.25, 0.3) is 0 Å². The van der Waals surface area contributed by atoms with Gasteiger partial charge < -0.3 is 4.74 Å². The summed E-state index contributed by atoms with van der Waals surface area (Å²) >= 11 is 0. The van der Waals surface area contributed by atoms with Crippen LogP contribution >= 0.6 is 0 Å². The maximum atomic E-state index is 14.2. The normalized spacial score (nSPS) is 10.9. The molecule has 5 heteroatoms. The summed E-state index contributed by atoms with van der Waals surface area (Å²) in [5.41, 5.74) is 2.16. The second-order valence-corrected chi connectivity index (χ2v) is 4.42. The van der Waals surface area contributed by atoms with Crippen LogP contribution in [-0.4, -0.2) is 21.9 Å². The molecule has 20 heavy (non-hydrogen) atoms. The fourth-order valence-electron chi connectivity index (χ4n) is 2.22. The van der Waals surface area contributed by atoms with E-state index in [1.165, 1.54) is 6.07 Å². The van der Waals surface area contributed by atoms with E-state index in [1.54, 1.807) is 24.1 Å². The summed E-state index contributed by atoms with van der Waals surface area (Å²) in [5.74, 6) is 0.217. The molecule has 0 amide bonds. The van der Waals surface area contributed by atoms with Gasteiger partial charge in [0.2, 0.25) is 5.88 Å². The molecule has 2 aromatic heterocycles. The van der Waals surface area contributed by atoms with E-state index in [2.05, 4.69) is 10.1 Å². The minimum Gasteiger partial charge on any atom is -0.481 e. The fourth-order valence-corrected chi connectivity index (χ4v) is 2.22. The predicted octanol–water partition coefficient (Wildman–Crippen LogP) is 3.27. The number of ether oxygens (including phenoxy) is 1. The molecule has 0 radical (unpaired) electrons. The Morgan fingerprint density at radius 3 is 2.90 bits per heavy atom. The van der Waals surface area contributed by atoms with Crippen LogP contribution in [0.5, 0.6) is 5.88 Å². The van der Waals surface area contributed by atoms with Crippen LogP contribution in [0.2, 0.25) is 0 Å². The van der Waals surface area contributed by atoms with Crippen LogP contribution in [-0.2, 0) is 6.54 Å². The van der Waals surface area contributed by atoms with Crippen LogP contribution in [0.25, 0.3) is 22.2 Å². The monoisotopic (exact) mass is 271 g/mol. The van der Waals surface area contributed by atoms with Gasteiger partial charge in [-0.2, -0.15) is 5.10 Å². The number of rotatable bonds is 3. The van der Waals surface area contributed by atoms with Gasteiger partial charge in [-0.25, -0.2) is 9.37 Å². The summed E-state index contributed by atoms with van der Waals surface area (Å²) in [6, 6.07) is 8.80. The van der Waals surface area contributed by atoms with Crippen molar-refractivity contribution in [2.75, 3.05) is 7.11 Å². The van der Waals surface area contributed by atoms with E-state index in [0.717, 1.165) is 5.52 Å². The smallest absolute Gasteiger partial charge is 0.213 e. The van der Waals surface area contributed by atoms with E-state index in [0.29, 0.717) is 29.1 Å². The van der Waals surface area contributed by atoms with Crippen molar-refractivity contribution in [1.29, 1.82) is 0 Å². The Hall–Kier alpha value is -2.43.